The number of aliphatic hydroxyl groups is 1. The second kappa shape index (κ2) is 8.92. The number of hydrogen-bond acceptors (Lipinski definition) is 5. The van der Waals surface area contributed by atoms with Crippen LogP contribution in [0, 0.1) is 11.6 Å². The normalized spacial score (nSPS) is 18.1. The van der Waals surface area contributed by atoms with Gasteiger partial charge in [-0.3, -0.25) is 9.48 Å². The van der Waals surface area contributed by atoms with Gasteiger partial charge in [0.15, 0.2) is 11.6 Å². The summed E-state index contributed by atoms with van der Waals surface area (Å²) in [6, 6.07) is 4.96. The van der Waals surface area contributed by atoms with Crippen LogP contribution in [0.1, 0.15) is 29.4 Å². The molecule has 0 aliphatic carbocycles. The van der Waals surface area contributed by atoms with Crippen molar-refractivity contribution in [1.29, 1.82) is 0 Å². The number of nitrogens with zero attached hydrogens (tertiary/aromatic N) is 2. The lowest BCUT2D eigenvalue weighted by atomic mass is 10.1. The van der Waals surface area contributed by atoms with Gasteiger partial charge in [-0.2, -0.15) is 5.10 Å². The Bertz CT molecular complexity index is 778. The molecule has 1 amide bonds. The van der Waals surface area contributed by atoms with Crippen molar-refractivity contribution in [2.75, 3.05) is 26.2 Å². The number of ether oxygens (including phenoxy) is 1. The summed E-state index contributed by atoms with van der Waals surface area (Å²) < 4.78 is 32.9. The molecule has 146 valence electrons. The van der Waals surface area contributed by atoms with Crippen molar-refractivity contribution < 1.29 is 23.4 Å². The molecule has 2 aromatic rings. The van der Waals surface area contributed by atoms with E-state index in [1.807, 2.05) is 0 Å². The number of nitrogens with one attached hydrogen (secondary N) is 2. The third-order valence-electron chi connectivity index (χ3n) is 4.32. The van der Waals surface area contributed by atoms with Crippen molar-refractivity contribution in [2.24, 2.45) is 0 Å². The van der Waals surface area contributed by atoms with Gasteiger partial charge in [0.2, 0.25) is 0 Å². The number of carbonyl (C=O) groups excluding carboxylic acids is 1. The molecule has 1 saturated heterocycles. The molecule has 3 rings (SSSR count). The molecule has 1 aliphatic heterocycles. The van der Waals surface area contributed by atoms with Gasteiger partial charge < -0.3 is 20.5 Å². The van der Waals surface area contributed by atoms with Gasteiger partial charge in [-0.25, -0.2) is 8.78 Å². The first-order chi connectivity index (χ1) is 13.0. The fourth-order valence-electron chi connectivity index (χ4n) is 2.84. The number of rotatable bonds is 7. The molecule has 0 saturated carbocycles. The fraction of sp³-hybridized carbons (Fsp3) is 0.444. The minimum Gasteiger partial charge on any atom is -0.491 e. The van der Waals surface area contributed by atoms with Crippen LogP contribution in [0.2, 0.25) is 0 Å². The van der Waals surface area contributed by atoms with Crippen molar-refractivity contribution >= 4 is 5.91 Å². The van der Waals surface area contributed by atoms with Crippen molar-refractivity contribution in [3.63, 3.8) is 0 Å². The molecule has 1 aromatic carbocycles. The van der Waals surface area contributed by atoms with E-state index in [0.717, 1.165) is 38.1 Å². The van der Waals surface area contributed by atoms with Gasteiger partial charge >= 0.3 is 0 Å². The molecule has 7 nitrogen and oxygen atoms in total. The van der Waals surface area contributed by atoms with Gasteiger partial charge in [0.05, 0.1) is 6.04 Å². The lowest BCUT2D eigenvalue weighted by molar-refractivity contribution is 0.0838. The Labute approximate surface area is 155 Å². The first kappa shape index (κ1) is 19.2. The van der Waals surface area contributed by atoms with Gasteiger partial charge in [0.25, 0.3) is 5.91 Å². The average Bonchev–Trinajstić information content (AvgIpc) is 3.18. The molecule has 0 radical (unpaired) electrons. The Balaban J connectivity index is 1.44. The second-order valence-corrected chi connectivity index (χ2v) is 6.43. The number of piperidine rings is 1. The third kappa shape index (κ3) is 5.24. The van der Waals surface area contributed by atoms with Crippen LogP contribution in [0.15, 0.2) is 30.5 Å². The van der Waals surface area contributed by atoms with Crippen LogP contribution in [-0.2, 0) is 0 Å². The molecule has 2 atom stereocenters. The van der Waals surface area contributed by atoms with E-state index in [1.165, 1.54) is 6.07 Å². The Kier molecular flexibility index (Phi) is 6.36. The third-order valence-corrected chi connectivity index (χ3v) is 4.32. The quantitative estimate of drug-likeness (QED) is 0.673. The number of aromatic nitrogens is 2. The summed E-state index contributed by atoms with van der Waals surface area (Å²) >= 11 is 0. The molecule has 27 heavy (non-hydrogen) atoms. The van der Waals surface area contributed by atoms with Gasteiger partial charge in [-0.1, -0.05) is 0 Å². The summed E-state index contributed by atoms with van der Waals surface area (Å²) in [7, 11) is 0. The summed E-state index contributed by atoms with van der Waals surface area (Å²) in [6.45, 7) is 1.59. The topological polar surface area (TPSA) is 88.4 Å². The Hall–Kier alpha value is -2.52. The highest BCUT2D eigenvalue weighted by Gasteiger charge is 2.18. The number of carbonyl (C=O) groups is 1. The van der Waals surface area contributed by atoms with Crippen LogP contribution in [0.25, 0.3) is 0 Å². The first-order valence-corrected chi connectivity index (χ1v) is 8.83. The smallest absolute Gasteiger partial charge is 0.271 e. The van der Waals surface area contributed by atoms with E-state index in [-0.39, 0.29) is 30.6 Å². The van der Waals surface area contributed by atoms with Gasteiger partial charge in [-0.15, -0.1) is 0 Å². The zero-order valence-corrected chi connectivity index (χ0v) is 14.7. The van der Waals surface area contributed by atoms with E-state index < -0.39 is 23.6 Å². The van der Waals surface area contributed by atoms with Crippen molar-refractivity contribution in [1.82, 2.24) is 20.4 Å². The van der Waals surface area contributed by atoms with E-state index in [2.05, 4.69) is 15.7 Å². The van der Waals surface area contributed by atoms with Crippen LogP contribution in [0.4, 0.5) is 8.78 Å². The van der Waals surface area contributed by atoms with Gasteiger partial charge in [-0.05, 0) is 37.6 Å². The lowest BCUT2D eigenvalue weighted by Gasteiger charge is -2.22. The second-order valence-electron chi connectivity index (χ2n) is 6.43. The van der Waals surface area contributed by atoms with Crippen molar-refractivity contribution in [3.05, 3.63) is 47.8 Å². The van der Waals surface area contributed by atoms with E-state index in [1.54, 1.807) is 16.9 Å². The predicted molar refractivity (Wildman–Crippen MR) is 93.6 cm³/mol. The lowest BCUT2D eigenvalue weighted by Crippen LogP contribution is -2.36. The molecule has 3 N–H and O–H groups in total. The monoisotopic (exact) mass is 380 g/mol. The maximum atomic E-state index is 13.1. The molecular weight excluding hydrogens is 358 g/mol. The molecule has 0 bridgehead atoms. The molecular formula is C18H22F2N4O3. The maximum absolute atomic E-state index is 13.1. The minimum absolute atomic E-state index is 0.0552. The average molecular weight is 380 g/mol. The summed E-state index contributed by atoms with van der Waals surface area (Å²) in [5.41, 5.74) is 0.272. The minimum atomic E-state index is -1.03. The van der Waals surface area contributed by atoms with Crippen LogP contribution in [-0.4, -0.2) is 53.1 Å². The molecule has 9 heteroatoms. The van der Waals surface area contributed by atoms with E-state index in [4.69, 9.17) is 4.74 Å². The molecule has 0 spiro atoms. The summed E-state index contributed by atoms with van der Waals surface area (Å²) in [4.78, 5) is 12.2. The summed E-state index contributed by atoms with van der Waals surface area (Å²) in [5.74, 6) is -2.30. The van der Waals surface area contributed by atoms with E-state index >= 15 is 0 Å². The van der Waals surface area contributed by atoms with Crippen LogP contribution in [0.3, 0.4) is 0 Å². The summed E-state index contributed by atoms with van der Waals surface area (Å²) in [6.07, 6.45) is 2.84. The number of amides is 1. The Morgan fingerprint density at radius 2 is 2.26 bits per heavy atom. The molecule has 1 aromatic heterocycles. The van der Waals surface area contributed by atoms with Gasteiger partial charge in [0, 0.05) is 25.4 Å². The molecule has 2 heterocycles. The van der Waals surface area contributed by atoms with Crippen molar-refractivity contribution in [3.8, 4) is 5.75 Å². The standard InChI is InChI=1S/C18H22F2N4O3/c19-15-4-3-14(8-16(15)20)27-11-13(25)10-22-18(26)17-5-7-24(23-17)12-2-1-6-21-9-12/h3-5,7-8,12-13,21,25H,1-2,6,9-11H2,(H,22,26). The Morgan fingerprint density at radius 3 is 3.00 bits per heavy atom. The SMILES string of the molecule is O=C(NCC(O)COc1ccc(F)c(F)c1)c1ccn(C2CCCNC2)n1. The zero-order chi connectivity index (χ0) is 19.2. The predicted octanol–water partition coefficient (Wildman–Crippen LogP) is 1.26. The number of hydrogen-bond donors (Lipinski definition) is 3. The van der Waals surface area contributed by atoms with E-state index in [0.29, 0.717) is 0 Å². The molecule has 1 fully saturated rings. The highest BCUT2D eigenvalue weighted by atomic mass is 19.2. The zero-order valence-electron chi connectivity index (χ0n) is 14.7. The van der Waals surface area contributed by atoms with Crippen LogP contribution in [0.5, 0.6) is 5.75 Å². The number of aliphatic hydroxyl groups excluding tert-OH is 1. The van der Waals surface area contributed by atoms with E-state index in [9.17, 15) is 18.7 Å². The number of benzene rings is 1. The van der Waals surface area contributed by atoms with Crippen LogP contribution >= 0.6 is 0 Å². The summed E-state index contributed by atoms with van der Waals surface area (Å²) in [5, 5.41) is 20.1. The fourth-order valence-corrected chi connectivity index (χ4v) is 2.84. The Morgan fingerprint density at radius 1 is 1.41 bits per heavy atom. The number of halogens is 2. The molecule has 2 unspecified atom stereocenters. The highest BCUT2D eigenvalue weighted by molar-refractivity contribution is 5.92. The van der Waals surface area contributed by atoms with Crippen molar-refractivity contribution in [2.45, 2.75) is 25.0 Å². The first-order valence-electron chi connectivity index (χ1n) is 8.83. The maximum Gasteiger partial charge on any atom is 0.271 e. The van der Waals surface area contributed by atoms with Gasteiger partial charge in [0.1, 0.15) is 24.2 Å². The largest absolute Gasteiger partial charge is 0.491 e. The highest BCUT2D eigenvalue weighted by Crippen LogP contribution is 2.16. The van der Waals surface area contributed by atoms with Crippen LogP contribution < -0.4 is 15.4 Å². The molecule has 1 aliphatic rings.